The summed E-state index contributed by atoms with van der Waals surface area (Å²) in [6.45, 7) is -0.385. The van der Waals surface area contributed by atoms with Gasteiger partial charge >= 0.3 is 18.1 Å². The van der Waals surface area contributed by atoms with Gasteiger partial charge < -0.3 is 14.7 Å². The molecule has 2 atom stereocenters. The van der Waals surface area contributed by atoms with Crippen LogP contribution >= 0.6 is 0 Å². The van der Waals surface area contributed by atoms with Crippen LogP contribution in [0.4, 0.5) is 13.2 Å². The lowest BCUT2D eigenvalue weighted by Crippen LogP contribution is -2.59. The molecule has 1 N–H and O–H groups in total. The van der Waals surface area contributed by atoms with Gasteiger partial charge in [-0.2, -0.15) is 13.2 Å². The van der Waals surface area contributed by atoms with E-state index in [1.54, 1.807) is 0 Å². The first-order chi connectivity index (χ1) is 8.29. The molecule has 0 bridgehead atoms. The summed E-state index contributed by atoms with van der Waals surface area (Å²) >= 11 is 0. The normalized spacial score (nSPS) is 32.2. The van der Waals surface area contributed by atoms with E-state index in [1.807, 2.05) is 0 Å². The Labute approximate surface area is 100 Å². The number of likely N-dealkylation sites (tertiary alicyclic amines) is 1. The lowest BCUT2D eigenvalue weighted by molar-refractivity contribution is -0.193. The van der Waals surface area contributed by atoms with E-state index in [-0.39, 0.29) is 32.6 Å². The maximum Gasteiger partial charge on any atom is 0.471 e. The molecule has 102 valence electrons. The van der Waals surface area contributed by atoms with Gasteiger partial charge in [-0.15, -0.1) is 0 Å². The van der Waals surface area contributed by atoms with Crippen LogP contribution in [-0.2, 0) is 14.3 Å². The smallest absolute Gasteiger partial charge is 0.471 e. The van der Waals surface area contributed by atoms with Crippen LogP contribution in [0.15, 0.2) is 0 Å². The maximum absolute atomic E-state index is 12.4. The molecule has 0 unspecified atom stereocenters. The lowest BCUT2D eigenvalue weighted by Gasteiger charge is -2.42. The van der Waals surface area contributed by atoms with Crippen molar-refractivity contribution in [3.63, 3.8) is 0 Å². The fourth-order valence-corrected chi connectivity index (χ4v) is 2.67. The molecule has 2 saturated heterocycles. The molecule has 0 aromatic carbocycles. The summed E-state index contributed by atoms with van der Waals surface area (Å²) in [5.41, 5.74) is -1.39. The molecule has 2 rings (SSSR count). The zero-order valence-electron chi connectivity index (χ0n) is 9.37. The highest BCUT2D eigenvalue weighted by molar-refractivity contribution is 5.84. The highest BCUT2D eigenvalue weighted by atomic mass is 19.4. The fourth-order valence-electron chi connectivity index (χ4n) is 2.67. The molecule has 0 spiro atoms. The number of piperidine rings is 1. The van der Waals surface area contributed by atoms with Gasteiger partial charge in [-0.3, -0.25) is 9.59 Å². The van der Waals surface area contributed by atoms with Crippen molar-refractivity contribution in [2.75, 3.05) is 19.8 Å². The number of carbonyl (C=O) groups is 2. The summed E-state index contributed by atoms with van der Waals surface area (Å²) in [6, 6.07) is -1.03. The standard InChI is InChI=1S/C10H12F3NO4/c11-10(12,13)7(15)14-3-1-2-9(8(16)17)5-18-4-6(9)14/h6H,1-5H2,(H,16,17)/t6-,9+/m0/s1. The number of carbonyl (C=O) groups excluding carboxylic acids is 1. The van der Waals surface area contributed by atoms with Crippen molar-refractivity contribution in [1.82, 2.24) is 4.90 Å². The molecule has 2 heterocycles. The van der Waals surface area contributed by atoms with E-state index in [2.05, 4.69) is 0 Å². The predicted molar refractivity (Wildman–Crippen MR) is 51.7 cm³/mol. The third-order valence-electron chi connectivity index (χ3n) is 3.60. The summed E-state index contributed by atoms with van der Waals surface area (Å²) < 4.78 is 42.3. The highest BCUT2D eigenvalue weighted by Gasteiger charge is 2.58. The number of amides is 1. The van der Waals surface area contributed by atoms with Gasteiger partial charge in [0.1, 0.15) is 5.41 Å². The van der Waals surface area contributed by atoms with E-state index >= 15 is 0 Å². The number of alkyl halides is 3. The average molecular weight is 267 g/mol. The van der Waals surface area contributed by atoms with Gasteiger partial charge in [0.05, 0.1) is 19.3 Å². The third-order valence-corrected chi connectivity index (χ3v) is 3.60. The fraction of sp³-hybridized carbons (Fsp3) is 0.800. The number of rotatable bonds is 1. The van der Waals surface area contributed by atoms with E-state index in [1.165, 1.54) is 0 Å². The summed E-state index contributed by atoms with van der Waals surface area (Å²) in [4.78, 5) is 23.2. The van der Waals surface area contributed by atoms with Crippen LogP contribution in [0, 0.1) is 5.41 Å². The molecule has 2 aliphatic rings. The molecule has 0 aromatic heterocycles. The predicted octanol–water partition coefficient (Wildman–Crippen LogP) is 0.641. The number of hydrogen-bond donors (Lipinski definition) is 1. The molecule has 18 heavy (non-hydrogen) atoms. The van der Waals surface area contributed by atoms with E-state index in [0.29, 0.717) is 4.90 Å². The zero-order valence-corrected chi connectivity index (χ0v) is 9.37. The molecule has 0 saturated carbocycles. The van der Waals surface area contributed by atoms with Crippen LogP contribution in [0.3, 0.4) is 0 Å². The number of fused-ring (bicyclic) bond motifs is 1. The third kappa shape index (κ3) is 1.84. The Kier molecular flexibility index (Phi) is 3.00. The highest BCUT2D eigenvalue weighted by Crippen LogP contribution is 2.42. The summed E-state index contributed by atoms with van der Waals surface area (Å²) in [6.07, 6.45) is -4.52. The number of hydrogen-bond acceptors (Lipinski definition) is 3. The van der Waals surface area contributed by atoms with Crippen molar-refractivity contribution >= 4 is 11.9 Å². The lowest BCUT2D eigenvalue weighted by atomic mass is 9.75. The number of carboxylic acids is 1. The van der Waals surface area contributed by atoms with Gasteiger partial charge in [-0.25, -0.2) is 0 Å². The van der Waals surface area contributed by atoms with Crippen molar-refractivity contribution in [3.05, 3.63) is 0 Å². The SMILES string of the molecule is O=C(N1CCC[C@@]2(C(=O)O)COC[C@H]12)C(F)(F)F. The van der Waals surface area contributed by atoms with Crippen molar-refractivity contribution < 1.29 is 32.6 Å². The van der Waals surface area contributed by atoms with Gasteiger partial charge in [-0.05, 0) is 12.8 Å². The first-order valence-corrected chi connectivity index (χ1v) is 5.48. The summed E-state index contributed by atoms with van der Waals surface area (Å²) in [5.74, 6) is -3.19. The molecule has 8 heteroatoms. The average Bonchev–Trinajstić information content (AvgIpc) is 2.71. The number of nitrogens with zero attached hydrogens (tertiary/aromatic N) is 1. The summed E-state index contributed by atoms with van der Waals surface area (Å²) in [5, 5.41) is 9.20. The van der Waals surface area contributed by atoms with Crippen LogP contribution in [0.1, 0.15) is 12.8 Å². The molecular formula is C10H12F3NO4. The second kappa shape index (κ2) is 4.11. The maximum atomic E-state index is 12.4. The molecule has 2 fully saturated rings. The van der Waals surface area contributed by atoms with E-state index < -0.39 is 29.5 Å². The quantitative estimate of drug-likeness (QED) is 0.757. The van der Waals surface area contributed by atoms with Gasteiger partial charge in [0.15, 0.2) is 0 Å². The molecule has 2 aliphatic heterocycles. The summed E-state index contributed by atoms with van der Waals surface area (Å²) in [7, 11) is 0. The minimum atomic E-state index is -4.98. The molecule has 0 radical (unpaired) electrons. The first-order valence-electron chi connectivity index (χ1n) is 5.48. The van der Waals surface area contributed by atoms with Gasteiger partial charge in [-0.1, -0.05) is 0 Å². The monoisotopic (exact) mass is 267 g/mol. The Morgan fingerprint density at radius 3 is 2.61 bits per heavy atom. The molecule has 0 aromatic rings. The van der Waals surface area contributed by atoms with Gasteiger partial charge in [0, 0.05) is 6.54 Å². The van der Waals surface area contributed by atoms with Crippen LogP contribution in [0.5, 0.6) is 0 Å². The van der Waals surface area contributed by atoms with Crippen molar-refractivity contribution in [2.45, 2.75) is 25.1 Å². The van der Waals surface area contributed by atoms with Crippen molar-refractivity contribution in [2.24, 2.45) is 5.41 Å². The number of aliphatic carboxylic acids is 1. The number of halogens is 3. The second-order valence-electron chi connectivity index (χ2n) is 4.59. The van der Waals surface area contributed by atoms with Crippen LogP contribution < -0.4 is 0 Å². The molecular weight excluding hydrogens is 255 g/mol. The van der Waals surface area contributed by atoms with E-state index in [9.17, 15) is 27.9 Å². The van der Waals surface area contributed by atoms with Crippen LogP contribution in [0.25, 0.3) is 0 Å². The first kappa shape index (κ1) is 13.1. The van der Waals surface area contributed by atoms with Crippen LogP contribution in [0.2, 0.25) is 0 Å². The Bertz CT molecular complexity index is 384. The van der Waals surface area contributed by atoms with Crippen LogP contribution in [-0.4, -0.2) is 53.9 Å². The molecule has 5 nitrogen and oxygen atoms in total. The number of carboxylic acid groups (broad SMARTS) is 1. The van der Waals surface area contributed by atoms with E-state index in [4.69, 9.17) is 4.74 Å². The number of ether oxygens (including phenoxy) is 1. The zero-order chi connectivity index (χ0) is 13.6. The molecule has 1 amide bonds. The largest absolute Gasteiger partial charge is 0.481 e. The minimum absolute atomic E-state index is 0.0819. The van der Waals surface area contributed by atoms with Gasteiger partial charge in [0.25, 0.3) is 0 Å². The topological polar surface area (TPSA) is 66.8 Å². The Balaban J connectivity index is 2.29. The van der Waals surface area contributed by atoms with Gasteiger partial charge in [0.2, 0.25) is 0 Å². The van der Waals surface area contributed by atoms with Crippen molar-refractivity contribution in [1.29, 1.82) is 0 Å². The Hall–Kier alpha value is -1.31. The van der Waals surface area contributed by atoms with Crippen molar-refractivity contribution in [3.8, 4) is 0 Å². The Morgan fingerprint density at radius 1 is 1.39 bits per heavy atom. The van der Waals surface area contributed by atoms with E-state index in [0.717, 1.165) is 0 Å². The molecule has 0 aliphatic carbocycles. The Morgan fingerprint density at radius 2 is 2.06 bits per heavy atom. The minimum Gasteiger partial charge on any atom is -0.481 e. The second-order valence-corrected chi connectivity index (χ2v) is 4.59.